The van der Waals surface area contributed by atoms with E-state index in [9.17, 15) is 0 Å². The largest absolute Gasteiger partial charge is 0.396 e. The molecule has 1 aromatic carbocycles. The quantitative estimate of drug-likeness (QED) is 0.739. The van der Waals surface area contributed by atoms with Gasteiger partial charge >= 0.3 is 0 Å². The number of nitrogen functional groups attached to an aromatic ring is 1. The Hall–Kier alpha value is -1.59. The molecule has 0 amide bonds. The molecule has 3 nitrogen and oxygen atoms in total. The van der Waals surface area contributed by atoms with Crippen molar-refractivity contribution in [2.45, 2.75) is 19.9 Å². The van der Waals surface area contributed by atoms with E-state index < -0.39 is 0 Å². The minimum atomic E-state index is 0.726. The van der Waals surface area contributed by atoms with Gasteiger partial charge in [0.25, 0.3) is 0 Å². The number of hydrogen-bond donors (Lipinski definition) is 1. The van der Waals surface area contributed by atoms with Crippen LogP contribution in [0.5, 0.6) is 0 Å². The van der Waals surface area contributed by atoms with Gasteiger partial charge in [-0.3, -0.25) is 4.68 Å². The van der Waals surface area contributed by atoms with E-state index in [4.69, 9.17) is 5.73 Å². The van der Waals surface area contributed by atoms with E-state index in [-0.39, 0.29) is 0 Å². The molecule has 0 bridgehead atoms. The molecule has 2 N–H and O–H groups in total. The van der Waals surface area contributed by atoms with Crippen LogP contribution >= 0.6 is 27.3 Å². The molecule has 0 saturated carbocycles. The molecule has 0 radical (unpaired) electrons. The topological polar surface area (TPSA) is 43.8 Å². The first-order valence-corrected chi connectivity index (χ1v) is 8.43. The molecule has 5 heteroatoms. The highest BCUT2D eigenvalue weighted by Crippen LogP contribution is 2.31. The van der Waals surface area contributed by atoms with Gasteiger partial charge in [0.1, 0.15) is 5.69 Å². The van der Waals surface area contributed by atoms with Gasteiger partial charge in [0, 0.05) is 15.5 Å². The minimum absolute atomic E-state index is 0.726. The fourth-order valence-electron chi connectivity index (χ4n) is 2.18. The summed E-state index contributed by atoms with van der Waals surface area (Å²) in [5, 5.41) is 4.64. The van der Waals surface area contributed by atoms with Crippen molar-refractivity contribution < 1.29 is 0 Å². The van der Waals surface area contributed by atoms with Gasteiger partial charge in [0.05, 0.1) is 17.1 Å². The normalized spacial score (nSPS) is 11.0. The Morgan fingerprint density at radius 2 is 1.95 bits per heavy atom. The second-order valence-corrected chi connectivity index (χ2v) is 6.96. The zero-order chi connectivity index (χ0) is 14.8. The second kappa shape index (κ2) is 6.03. The molecular weight excluding hydrogens is 346 g/mol. The third kappa shape index (κ3) is 3.19. The number of rotatable bonds is 4. The Balaban J connectivity index is 1.85. The third-order valence-corrected chi connectivity index (χ3v) is 5.06. The number of hydrogen-bond acceptors (Lipinski definition) is 3. The molecule has 0 unspecified atom stereocenters. The van der Waals surface area contributed by atoms with Gasteiger partial charge in [-0.2, -0.15) is 5.10 Å². The molecule has 0 spiro atoms. The number of anilines is 1. The van der Waals surface area contributed by atoms with Gasteiger partial charge in [-0.05, 0) is 36.2 Å². The summed E-state index contributed by atoms with van der Waals surface area (Å²) in [6.45, 7) is 2.88. The predicted octanol–water partition coefficient (Wildman–Crippen LogP) is 4.57. The average Bonchev–Trinajstić information content (AvgIpc) is 3.08. The number of aromatic nitrogens is 2. The van der Waals surface area contributed by atoms with Crippen LogP contribution in [0, 0.1) is 0 Å². The molecule has 3 aromatic rings. The summed E-state index contributed by atoms with van der Waals surface area (Å²) in [6, 6.07) is 12.5. The van der Waals surface area contributed by atoms with Crippen molar-refractivity contribution in [3.8, 4) is 10.6 Å². The summed E-state index contributed by atoms with van der Waals surface area (Å²) < 4.78 is 2.98. The van der Waals surface area contributed by atoms with Crippen LogP contribution < -0.4 is 5.73 Å². The van der Waals surface area contributed by atoms with Gasteiger partial charge < -0.3 is 5.73 Å². The number of nitrogens with zero attached hydrogens (tertiary/aromatic N) is 2. The first kappa shape index (κ1) is 14.4. The van der Waals surface area contributed by atoms with Crippen LogP contribution in [0.15, 0.2) is 47.1 Å². The van der Waals surface area contributed by atoms with Crippen molar-refractivity contribution in [1.29, 1.82) is 0 Å². The first-order valence-electron chi connectivity index (χ1n) is 6.82. The van der Waals surface area contributed by atoms with Crippen LogP contribution in [0.4, 0.5) is 5.69 Å². The number of benzene rings is 1. The van der Waals surface area contributed by atoms with Crippen molar-refractivity contribution in [2.24, 2.45) is 0 Å². The summed E-state index contributed by atoms with van der Waals surface area (Å²) >= 11 is 5.20. The van der Waals surface area contributed by atoms with Crippen LogP contribution in [-0.4, -0.2) is 9.78 Å². The minimum Gasteiger partial charge on any atom is -0.396 e. The lowest BCUT2D eigenvalue weighted by molar-refractivity contribution is 0.690. The van der Waals surface area contributed by atoms with Crippen LogP contribution in [0.3, 0.4) is 0 Å². The lowest BCUT2D eigenvalue weighted by atomic mass is 10.2. The van der Waals surface area contributed by atoms with Crippen molar-refractivity contribution in [3.05, 3.63) is 57.5 Å². The van der Waals surface area contributed by atoms with E-state index in [0.29, 0.717) is 0 Å². The molecule has 2 heterocycles. The smallest absolute Gasteiger partial charge is 0.125 e. The summed E-state index contributed by atoms with van der Waals surface area (Å²) in [5.41, 5.74) is 8.94. The summed E-state index contributed by atoms with van der Waals surface area (Å²) in [6.07, 6.45) is 2.95. The van der Waals surface area contributed by atoms with Gasteiger partial charge in [-0.1, -0.05) is 35.0 Å². The molecule has 0 aliphatic rings. The molecule has 2 aromatic heterocycles. The number of halogens is 1. The summed E-state index contributed by atoms with van der Waals surface area (Å²) in [7, 11) is 0. The van der Waals surface area contributed by atoms with Gasteiger partial charge in [-0.25, -0.2) is 0 Å². The molecule has 3 rings (SSSR count). The van der Waals surface area contributed by atoms with Gasteiger partial charge in [-0.15, -0.1) is 11.3 Å². The van der Waals surface area contributed by atoms with E-state index in [1.165, 1.54) is 10.4 Å². The van der Waals surface area contributed by atoms with E-state index in [0.717, 1.165) is 33.7 Å². The van der Waals surface area contributed by atoms with E-state index >= 15 is 0 Å². The average molecular weight is 362 g/mol. The zero-order valence-electron chi connectivity index (χ0n) is 11.7. The molecule has 0 atom stereocenters. The van der Waals surface area contributed by atoms with Crippen molar-refractivity contribution in [2.75, 3.05) is 5.73 Å². The van der Waals surface area contributed by atoms with Crippen LogP contribution in [0.1, 0.15) is 17.4 Å². The fraction of sp³-hybridized carbons (Fsp3) is 0.188. The maximum absolute atomic E-state index is 6.12. The van der Waals surface area contributed by atoms with Crippen LogP contribution in [0.25, 0.3) is 10.6 Å². The molecule has 0 fully saturated rings. The highest BCUT2D eigenvalue weighted by atomic mass is 79.9. The van der Waals surface area contributed by atoms with Gasteiger partial charge in [0.2, 0.25) is 0 Å². The first-order chi connectivity index (χ1) is 10.2. The van der Waals surface area contributed by atoms with Gasteiger partial charge in [0.15, 0.2) is 0 Å². The van der Waals surface area contributed by atoms with Crippen molar-refractivity contribution in [3.63, 3.8) is 0 Å². The maximum Gasteiger partial charge on any atom is 0.125 e. The molecule has 0 saturated heterocycles. The standard InChI is InChI=1S/C16H16BrN3S/c1-2-13-7-8-15(21-13)16-14(18)10-20(19-16)9-11-3-5-12(17)6-4-11/h3-8,10H,2,9,18H2,1H3. The van der Waals surface area contributed by atoms with E-state index in [2.05, 4.69) is 52.2 Å². The SMILES string of the molecule is CCc1ccc(-c2nn(Cc3ccc(Br)cc3)cc2N)s1. The zero-order valence-corrected chi connectivity index (χ0v) is 14.1. The number of thiophene rings is 1. The Morgan fingerprint density at radius 3 is 2.62 bits per heavy atom. The Kier molecular flexibility index (Phi) is 4.12. The highest BCUT2D eigenvalue weighted by Gasteiger charge is 2.11. The fourth-order valence-corrected chi connectivity index (χ4v) is 3.40. The summed E-state index contributed by atoms with van der Waals surface area (Å²) in [4.78, 5) is 2.49. The molecule has 108 valence electrons. The summed E-state index contributed by atoms with van der Waals surface area (Å²) in [5.74, 6) is 0. The monoisotopic (exact) mass is 361 g/mol. The molecular formula is C16H16BrN3S. The predicted molar refractivity (Wildman–Crippen MR) is 92.6 cm³/mol. The van der Waals surface area contributed by atoms with E-state index in [1.54, 1.807) is 11.3 Å². The van der Waals surface area contributed by atoms with Crippen molar-refractivity contribution in [1.82, 2.24) is 9.78 Å². The lowest BCUT2D eigenvalue weighted by Crippen LogP contribution is -2.00. The highest BCUT2D eigenvalue weighted by molar-refractivity contribution is 9.10. The Labute approximate surface area is 136 Å². The second-order valence-electron chi connectivity index (χ2n) is 4.88. The van der Waals surface area contributed by atoms with Crippen LogP contribution in [-0.2, 0) is 13.0 Å². The molecule has 0 aliphatic carbocycles. The molecule has 21 heavy (non-hydrogen) atoms. The van der Waals surface area contributed by atoms with Crippen molar-refractivity contribution >= 4 is 33.0 Å². The lowest BCUT2D eigenvalue weighted by Gasteiger charge is -2.01. The Morgan fingerprint density at radius 1 is 1.19 bits per heavy atom. The molecule has 0 aliphatic heterocycles. The van der Waals surface area contributed by atoms with Crippen LogP contribution in [0.2, 0.25) is 0 Å². The number of aryl methyl sites for hydroxylation is 1. The number of nitrogens with two attached hydrogens (primary N) is 1. The maximum atomic E-state index is 6.12. The third-order valence-electron chi connectivity index (χ3n) is 3.29. The van der Waals surface area contributed by atoms with E-state index in [1.807, 2.05) is 23.0 Å². The Bertz CT molecular complexity index is 743.